The van der Waals surface area contributed by atoms with E-state index in [1.165, 1.54) is 24.3 Å². The van der Waals surface area contributed by atoms with Gasteiger partial charge in [-0.05, 0) is 42.0 Å². The number of hydrogen-bond acceptors (Lipinski definition) is 5. The maximum atomic E-state index is 15.7. The molecule has 0 saturated carbocycles. The number of imidazole rings is 1. The molecule has 45 heavy (non-hydrogen) atoms. The van der Waals surface area contributed by atoms with Crippen LogP contribution in [-0.2, 0) is 17.8 Å². The van der Waals surface area contributed by atoms with Crippen molar-refractivity contribution >= 4 is 28.6 Å². The normalized spacial score (nSPS) is 15.9. The third-order valence-electron chi connectivity index (χ3n) is 7.92. The van der Waals surface area contributed by atoms with E-state index in [1.54, 1.807) is 28.8 Å². The highest BCUT2D eigenvalue weighted by atomic mass is 35.5. The molecule has 1 atom stereocenters. The van der Waals surface area contributed by atoms with Gasteiger partial charge in [0.2, 0.25) is 5.88 Å². The molecule has 0 bridgehead atoms. The number of aromatic carboxylic acids is 1. The van der Waals surface area contributed by atoms with E-state index in [0.29, 0.717) is 11.6 Å². The Morgan fingerprint density at radius 2 is 1.80 bits per heavy atom. The number of fused-ring (bicyclic) bond motifs is 1. The van der Waals surface area contributed by atoms with E-state index in [0.717, 1.165) is 17.7 Å². The molecule has 1 saturated heterocycles. The number of nitrogens with zero attached hydrogens (tertiary/aromatic N) is 3. The van der Waals surface area contributed by atoms with Crippen LogP contribution in [0.4, 0.5) is 17.6 Å². The molecule has 7 nitrogen and oxygen atoms in total. The first-order chi connectivity index (χ1) is 21.4. The van der Waals surface area contributed by atoms with Gasteiger partial charge in [-0.2, -0.15) is 0 Å². The molecule has 1 aliphatic heterocycles. The molecule has 0 spiro atoms. The fourth-order valence-electron chi connectivity index (χ4n) is 5.50. The number of hydrogen-bond donors (Lipinski definition) is 1. The Morgan fingerprint density at radius 1 is 1.04 bits per heavy atom. The van der Waals surface area contributed by atoms with E-state index in [9.17, 15) is 9.90 Å². The van der Waals surface area contributed by atoms with Crippen LogP contribution in [0.2, 0.25) is 5.02 Å². The van der Waals surface area contributed by atoms with Gasteiger partial charge in [-0.1, -0.05) is 43.6 Å². The van der Waals surface area contributed by atoms with Gasteiger partial charge in [0, 0.05) is 34.1 Å². The first-order valence-corrected chi connectivity index (χ1v) is 14.3. The van der Waals surface area contributed by atoms with Gasteiger partial charge in [-0.25, -0.2) is 32.3 Å². The van der Waals surface area contributed by atoms with Gasteiger partial charge in [0.1, 0.15) is 23.8 Å². The van der Waals surface area contributed by atoms with E-state index >= 15 is 17.6 Å². The van der Waals surface area contributed by atoms with Crippen molar-refractivity contribution in [2.45, 2.75) is 32.9 Å². The number of halogens is 5. The van der Waals surface area contributed by atoms with E-state index in [-0.39, 0.29) is 47.2 Å². The fraction of sp³-hybridized carbons (Fsp3) is 0.242. The van der Waals surface area contributed by atoms with Crippen molar-refractivity contribution in [3.63, 3.8) is 0 Å². The minimum atomic E-state index is -1.45. The summed E-state index contributed by atoms with van der Waals surface area (Å²) in [4.78, 5) is 20.2. The molecule has 0 unspecified atom stereocenters. The summed E-state index contributed by atoms with van der Waals surface area (Å²) in [5.41, 5.74) is -1.16. The highest BCUT2D eigenvalue weighted by Gasteiger charge is 2.39. The molecule has 2 aromatic heterocycles. The SMILES string of the molecule is CC1(C)COC[C@H]1n1c(Cc2c(F)cc(-c3cccc(OCc4ccc(Cl)cc4)n3)c(F)c2F)nc2c(F)cc(C(=O)O)cc21. The number of pyridine rings is 1. The summed E-state index contributed by atoms with van der Waals surface area (Å²) in [7, 11) is 0. The molecule has 0 amide bonds. The average Bonchev–Trinajstić information content (AvgIpc) is 3.55. The lowest BCUT2D eigenvalue weighted by Crippen LogP contribution is -2.27. The molecular formula is C33H26ClF4N3O4. The second-order valence-electron chi connectivity index (χ2n) is 11.5. The van der Waals surface area contributed by atoms with Gasteiger partial charge in [-0.15, -0.1) is 0 Å². The smallest absolute Gasteiger partial charge is 0.335 e. The summed E-state index contributed by atoms with van der Waals surface area (Å²) in [6.45, 7) is 4.43. The Kier molecular flexibility index (Phi) is 8.00. The van der Waals surface area contributed by atoms with Crippen LogP contribution in [-0.4, -0.2) is 38.8 Å². The number of carboxylic acids is 1. The number of aromatic nitrogens is 3. The van der Waals surface area contributed by atoms with Crippen LogP contribution in [0.1, 0.15) is 47.2 Å². The van der Waals surface area contributed by atoms with Crippen molar-refractivity contribution in [1.29, 1.82) is 0 Å². The summed E-state index contributed by atoms with van der Waals surface area (Å²) in [5, 5.41) is 10.1. The van der Waals surface area contributed by atoms with Crippen LogP contribution >= 0.6 is 11.6 Å². The molecule has 0 aliphatic carbocycles. The van der Waals surface area contributed by atoms with Crippen LogP contribution in [0.5, 0.6) is 5.88 Å². The Morgan fingerprint density at radius 3 is 2.49 bits per heavy atom. The standard InChI is InChI=1S/C33H26ClF4N3O4/c1-33(2)16-44-15-26(33)41-25-11-18(32(42)43)10-23(36)31(25)40-27(41)13-20-22(35)12-21(30(38)29(20)37)24-4-3-5-28(39-24)45-14-17-6-8-19(34)9-7-17/h3-12,26H,13-16H2,1-2H3,(H,42,43)/t26-/m1/s1. The lowest BCUT2D eigenvalue weighted by molar-refractivity contribution is 0.0696. The third kappa shape index (κ3) is 5.85. The second kappa shape index (κ2) is 11.8. The average molecular weight is 640 g/mol. The summed E-state index contributed by atoms with van der Waals surface area (Å²) in [5.74, 6) is -5.97. The quantitative estimate of drug-likeness (QED) is 0.138. The molecule has 6 rings (SSSR count). The van der Waals surface area contributed by atoms with Crippen molar-refractivity contribution in [3.05, 3.63) is 111 Å². The summed E-state index contributed by atoms with van der Waals surface area (Å²) in [6.07, 6.45) is -0.546. The lowest BCUT2D eigenvalue weighted by atomic mass is 9.87. The molecule has 3 heterocycles. The Hall–Kier alpha value is -4.48. The van der Waals surface area contributed by atoms with Crippen molar-refractivity contribution in [1.82, 2.24) is 14.5 Å². The third-order valence-corrected chi connectivity index (χ3v) is 8.17. The van der Waals surface area contributed by atoms with E-state index in [1.807, 2.05) is 13.8 Å². The van der Waals surface area contributed by atoms with E-state index < -0.39 is 58.2 Å². The minimum Gasteiger partial charge on any atom is -0.478 e. The fourth-order valence-corrected chi connectivity index (χ4v) is 5.62. The maximum absolute atomic E-state index is 15.7. The van der Waals surface area contributed by atoms with Gasteiger partial charge in [-0.3, -0.25) is 0 Å². The van der Waals surface area contributed by atoms with Crippen LogP contribution < -0.4 is 4.74 Å². The molecule has 1 aliphatic rings. The van der Waals surface area contributed by atoms with Crippen LogP contribution in [0.3, 0.4) is 0 Å². The Bertz CT molecular complexity index is 1950. The zero-order valence-electron chi connectivity index (χ0n) is 24.1. The molecule has 5 aromatic rings. The largest absolute Gasteiger partial charge is 0.478 e. The first-order valence-electron chi connectivity index (χ1n) is 14.0. The van der Waals surface area contributed by atoms with Crippen LogP contribution in [0.15, 0.2) is 60.7 Å². The molecule has 12 heteroatoms. The Balaban J connectivity index is 1.37. The predicted octanol–water partition coefficient (Wildman–Crippen LogP) is 7.77. The topological polar surface area (TPSA) is 86.5 Å². The van der Waals surface area contributed by atoms with Crippen molar-refractivity contribution in [3.8, 4) is 17.1 Å². The maximum Gasteiger partial charge on any atom is 0.335 e. The molecule has 232 valence electrons. The van der Waals surface area contributed by atoms with Crippen LogP contribution in [0.25, 0.3) is 22.3 Å². The van der Waals surface area contributed by atoms with Crippen LogP contribution in [0, 0.1) is 28.7 Å². The van der Waals surface area contributed by atoms with Gasteiger partial charge in [0.15, 0.2) is 17.5 Å². The van der Waals surface area contributed by atoms with Gasteiger partial charge in [0.05, 0.1) is 36.0 Å². The molecule has 0 radical (unpaired) electrons. The molecule has 1 N–H and O–H groups in total. The zero-order valence-corrected chi connectivity index (χ0v) is 24.8. The predicted molar refractivity (Wildman–Crippen MR) is 158 cm³/mol. The highest BCUT2D eigenvalue weighted by molar-refractivity contribution is 6.30. The highest BCUT2D eigenvalue weighted by Crippen LogP contribution is 2.41. The number of benzene rings is 3. The molecular weight excluding hydrogens is 614 g/mol. The van der Waals surface area contributed by atoms with Gasteiger partial charge < -0.3 is 19.1 Å². The van der Waals surface area contributed by atoms with Crippen molar-refractivity contribution in [2.75, 3.05) is 13.2 Å². The summed E-state index contributed by atoms with van der Waals surface area (Å²) in [6, 6.07) is 13.9. The number of carboxylic acid groups (broad SMARTS) is 1. The second-order valence-corrected chi connectivity index (χ2v) is 12.0. The lowest BCUT2D eigenvalue weighted by Gasteiger charge is -2.28. The molecule has 3 aromatic carbocycles. The van der Waals surface area contributed by atoms with E-state index in [4.69, 9.17) is 21.1 Å². The number of ether oxygens (including phenoxy) is 2. The van der Waals surface area contributed by atoms with Crippen molar-refractivity contribution in [2.24, 2.45) is 5.41 Å². The van der Waals surface area contributed by atoms with Gasteiger partial charge >= 0.3 is 5.97 Å². The number of rotatable bonds is 8. The minimum absolute atomic E-state index is 0.0238. The summed E-state index contributed by atoms with van der Waals surface area (Å²) >= 11 is 5.91. The molecule has 1 fully saturated rings. The van der Waals surface area contributed by atoms with Gasteiger partial charge in [0.25, 0.3) is 0 Å². The van der Waals surface area contributed by atoms with Crippen molar-refractivity contribution < 1.29 is 36.9 Å². The summed E-state index contributed by atoms with van der Waals surface area (Å²) < 4.78 is 74.9. The van der Waals surface area contributed by atoms with E-state index in [2.05, 4.69) is 9.97 Å². The first kappa shape index (κ1) is 30.5. The zero-order chi connectivity index (χ0) is 32.0. The number of carbonyl (C=O) groups is 1. The monoisotopic (exact) mass is 639 g/mol. The Labute approximate surface area is 260 Å².